The van der Waals surface area contributed by atoms with E-state index < -0.39 is 6.10 Å². The minimum absolute atomic E-state index is 0.145. The Labute approximate surface area is 117 Å². The minimum Gasteiger partial charge on any atom is -0.454 e. The van der Waals surface area contributed by atoms with E-state index >= 15 is 0 Å². The molecule has 1 amide bonds. The van der Waals surface area contributed by atoms with E-state index in [1.165, 1.54) is 0 Å². The number of carbonyl (C=O) groups is 1. The zero-order valence-corrected chi connectivity index (χ0v) is 11.3. The van der Waals surface area contributed by atoms with Crippen molar-refractivity contribution >= 4 is 11.6 Å². The summed E-state index contributed by atoms with van der Waals surface area (Å²) in [5.74, 6) is 1.14. The third kappa shape index (κ3) is 2.16. The quantitative estimate of drug-likeness (QED) is 0.744. The maximum Gasteiger partial charge on any atom is 0.256 e. The molecule has 1 fully saturated rings. The van der Waals surface area contributed by atoms with E-state index in [4.69, 9.17) is 15.2 Å². The predicted molar refractivity (Wildman–Crippen MR) is 72.7 cm³/mol. The highest BCUT2D eigenvalue weighted by molar-refractivity contribution is 6.00. The normalized spacial score (nSPS) is 24.8. The Morgan fingerprint density at radius 1 is 1.40 bits per heavy atom. The van der Waals surface area contributed by atoms with Gasteiger partial charge in [-0.2, -0.15) is 0 Å². The van der Waals surface area contributed by atoms with Gasteiger partial charge in [0.2, 0.25) is 6.79 Å². The van der Waals surface area contributed by atoms with Gasteiger partial charge in [0, 0.05) is 24.8 Å². The number of likely N-dealkylation sites (tertiary alicyclic amines) is 1. The first kappa shape index (κ1) is 13.1. The third-order valence-corrected chi connectivity index (χ3v) is 3.98. The number of aliphatic hydroxyl groups excluding tert-OH is 1. The van der Waals surface area contributed by atoms with E-state index in [1.54, 1.807) is 17.0 Å². The van der Waals surface area contributed by atoms with Crippen molar-refractivity contribution in [2.24, 2.45) is 5.92 Å². The number of nitrogens with zero attached hydrogens (tertiary/aromatic N) is 1. The number of ether oxygens (including phenoxy) is 2. The van der Waals surface area contributed by atoms with Gasteiger partial charge in [-0.15, -0.1) is 0 Å². The van der Waals surface area contributed by atoms with E-state index in [0.717, 1.165) is 6.42 Å². The molecule has 20 heavy (non-hydrogen) atoms. The standard InChI is InChI=1S/C14H18N2O4/c1-8-2-3-16(6-11(8)17)14(18)9-4-12-13(5-10(9)15)20-7-19-12/h4-5,8,11,17H,2-3,6-7,15H2,1H3. The van der Waals surface area contributed by atoms with E-state index in [1.807, 2.05) is 6.92 Å². The molecule has 0 radical (unpaired) electrons. The summed E-state index contributed by atoms with van der Waals surface area (Å²) in [5.41, 5.74) is 6.68. The summed E-state index contributed by atoms with van der Waals surface area (Å²) in [5, 5.41) is 9.90. The van der Waals surface area contributed by atoms with Crippen molar-refractivity contribution in [2.75, 3.05) is 25.6 Å². The molecule has 2 unspecified atom stereocenters. The number of aliphatic hydroxyl groups is 1. The maximum absolute atomic E-state index is 12.5. The summed E-state index contributed by atoms with van der Waals surface area (Å²) >= 11 is 0. The molecule has 2 heterocycles. The monoisotopic (exact) mass is 278 g/mol. The van der Waals surface area contributed by atoms with Crippen molar-refractivity contribution in [1.82, 2.24) is 4.90 Å². The fourth-order valence-corrected chi connectivity index (χ4v) is 2.55. The second-order valence-electron chi connectivity index (χ2n) is 5.38. The Balaban J connectivity index is 1.84. The second kappa shape index (κ2) is 4.86. The smallest absolute Gasteiger partial charge is 0.256 e. The maximum atomic E-state index is 12.5. The van der Waals surface area contributed by atoms with Gasteiger partial charge in [-0.3, -0.25) is 4.79 Å². The zero-order valence-electron chi connectivity index (χ0n) is 11.3. The van der Waals surface area contributed by atoms with Crippen LogP contribution in [0.5, 0.6) is 11.5 Å². The lowest BCUT2D eigenvalue weighted by Crippen LogP contribution is -2.45. The molecule has 1 aromatic carbocycles. The highest BCUT2D eigenvalue weighted by atomic mass is 16.7. The van der Waals surface area contributed by atoms with Crippen LogP contribution < -0.4 is 15.2 Å². The first-order chi connectivity index (χ1) is 9.56. The number of hydrogen-bond donors (Lipinski definition) is 2. The van der Waals surface area contributed by atoms with Gasteiger partial charge in [0.15, 0.2) is 11.5 Å². The molecule has 0 aliphatic carbocycles. The largest absolute Gasteiger partial charge is 0.454 e. The SMILES string of the molecule is CC1CCN(C(=O)c2cc3c(cc2N)OCO3)CC1O. The molecular formula is C14H18N2O4. The van der Waals surface area contributed by atoms with Gasteiger partial charge in [0.1, 0.15) is 0 Å². The van der Waals surface area contributed by atoms with Crippen molar-refractivity contribution in [3.05, 3.63) is 17.7 Å². The fraction of sp³-hybridized carbons (Fsp3) is 0.500. The highest BCUT2D eigenvalue weighted by Crippen LogP contribution is 2.36. The van der Waals surface area contributed by atoms with E-state index in [-0.39, 0.29) is 18.6 Å². The molecule has 3 N–H and O–H groups in total. The lowest BCUT2D eigenvalue weighted by Gasteiger charge is -2.34. The Kier molecular flexibility index (Phi) is 3.17. The van der Waals surface area contributed by atoms with Gasteiger partial charge in [0.05, 0.1) is 11.7 Å². The van der Waals surface area contributed by atoms with Gasteiger partial charge in [-0.25, -0.2) is 0 Å². The molecule has 0 saturated carbocycles. The Morgan fingerprint density at radius 2 is 2.10 bits per heavy atom. The number of benzene rings is 1. The number of amides is 1. The second-order valence-corrected chi connectivity index (χ2v) is 5.38. The van der Waals surface area contributed by atoms with Gasteiger partial charge in [-0.1, -0.05) is 6.92 Å². The Morgan fingerprint density at radius 3 is 2.80 bits per heavy atom. The number of hydrogen-bond acceptors (Lipinski definition) is 5. The molecule has 6 nitrogen and oxygen atoms in total. The number of β-amino-alcohol motifs (C(OH)–C–C–N with tert-alkyl or cyclic N) is 1. The van der Waals surface area contributed by atoms with Crippen molar-refractivity contribution in [3.8, 4) is 11.5 Å². The number of piperidine rings is 1. The predicted octanol–water partition coefficient (Wildman–Crippen LogP) is 0.840. The molecule has 1 saturated heterocycles. The van der Waals surface area contributed by atoms with Crippen LogP contribution >= 0.6 is 0 Å². The highest BCUT2D eigenvalue weighted by Gasteiger charge is 2.29. The van der Waals surface area contributed by atoms with Crippen molar-refractivity contribution in [2.45, 2.75) is 19.4 Å². The summed E-state index contributed by atoms with van der Waals surface area (Å²) < 4.78 is 10.5. The number of fused-ring (bicyclic) bond motifs is 1. The molecule has 3 rings (SSSR count). The topological polar surface area (TPSA) is 85.0 Å². The third-order valence-electron chi connectivity index (χ3n) is 3.98. The Bertz CT molecular complexity index is 546. The Hall–Kier alpha value is -1.95. The summed E-state index contributed by atoms with van der Waals surface area (Å²) in [6.45, 7) is 3.10. The van der Waals surface area contributed by atoms with Crippen LogP contribution in [0, 0.1) is 5.92 Å². The zero-order chi connectivity index (χ0) is 14.3. The van der Waals surface area contributed by atoms with Crippen LogP contribution in [0.1, 0.15) is 23.7 Å². The lowest BCUT2D eigenvalue weighted by atomic mass is 9.95. The number of nitrogen functional groups attached to an aromatic ring is 1. The molecule has 0 bridgehead atoms. The van der Waals surface area contributed by atoms with Crippen LogP contribution in [0.3, 0.4) is 0 Å². The van der Waals surface area contributed by atoms with Crippen LogP contribution in [0.2, 0.25) is 0 Å². The lowest BCUT2D eigenvalue weighted by molar-refractivity contribution is 0.0249. The van der Waals surface area contributed by atoms with Crippen molar-refractivity contribution < 1.29 is 19.4 Å². The van der Waals surface area contributed by atoms with Gasteiger partial charge in [-0.05, 0) is 18.4 Å². The molecule has 1 aromatic rings. The van der Waals surface area contributed by atoms with E-state index in [0.29, 0.717) is 35.8 Å². The first-order valence-corrected chi connectivity index (χ1v) is 6.72. The van der Waals surface area contributed by atoms with Gasteiger partial charge < -0.3 is 25.2 Å². The van der Waals surface area contributed by atoms with Gasteiger partial charge in [0.25, 0.3) is 5.91 Å². The van der Waals surface area contributed by atoms with E-state index in [9.17, 15) is 9.90 Å². The number of carbonyl (C=O) groups excluding carboxylic acids is 1. The molecule has 2 atom stereocenters. The summed E-state index contributed by atoms with van der Waals surface area (Å²) in [6, 6.07) is 3.23. The van der Waals surface area contributed by atoms with Crippen LogP contribution in [0.25, 0.3) is 0 Å². The number of anilines is 1. The van der Waals surface area contributed by atoms with Crippen LogP contribution in [-0.4, -0.2) is 41.9 Å². The molecule has 2 aliphatic heterocycles. The molecule has 6 heteroatoms. The number of rotatable bonds is 1. The molecule has 0 spiro atoms. The van der Waals surface area contributed by atoms with Crippen molar-refractivity contribution in [3.63, 3.8) is 0 Å². The van der Waals surface area contributed by atoms with Crippen LogP contribution in [0.4, 0.5) is 5.69 Å². The van der Waals surface area contributed by atoms with Gasteiger partial charge >= 0.3 is 0 Å². The number of nitrogens with two attached hydrogens (primary N) is 1. The minimum atomic E-state index is -0.483. The first-order valence-electron chi connectivity index (χ1n) is 6.72. The average Bonchev–Trinajstić information content (AvgIpc) is 2.87. The summed E-state index contributed by atoms with van der Waals surface area (Å²) in [4.78, 5) is 14.1. The fourth-order valence-electron chi connectivity index (χ4n) is 2.55. The van der Waals surface area contributed by atoms with E-state index in [2.05, 4.69) is 0 Å². The molecule has 108 valence electrons. The molecular weight excluding hydrogens is 260 g/mol. The molecule has 2 aliphatic rings. The average molecular weight is 278 g/mol. The summed E-state index contributed by atoms with van der Waals surface area (Å²) in [7, 11) is 0. The summed E-state index contributed by atoms with van der Waals surface area (Å²) in [6.07, 6.45) is 0.306. The van der Waals surface area contributed by atoms with Crippen LogP contribution in [-0.2, 0) is 0 Å². The van der Waals surface area contributed by atoms with Crippen LogP contribution in [0.15, 0.2) is 12.1 Å². The molecule has 0 aromatic heterocycles. The van der Waals surface area contributed by atoms with Crippen molar-refractivity contribution in [1.29, 1.82) is 0 Å².